The third-order valence-corrected chi connectivity index (χ3v) is 4.10. The molecule has 106 valence electrons. The first-order valence-electron chi connectivity index (χ1n) is 6.40. The summed E-state index contributed by atoms with van der Waals surface area (Å²) in [6.07, 6.45) is 3.51. The summed E-state index contributed by atoms with van der Waals surface area (Å²) in [7, 11) is 1.38. The lowest BCUT2D eigenvalue weighted by molar-refractivity contribution is 0.0606. The fourth-order valence-electron chi connectivity index (χ4n) is 1.96. The number of methoxy groups -OCH3 is 1. The fraction of sp³-hybridized carbons (Fsp3) is 0.125. The average Bonchev–Trinajstić information content (AvgIpc) is 2.96. The third kappa shape index (κ3) is 3.03. The molecule has 2 heterocycles. The first-order chi connectivity index (χ1) is 10.3. The summed E-state index contributed by atoms with van der Waals surface area (Å²) >= 11 is 1.41. The second-order valence-corrected chi connectivity index (χ2v) is 5.54. The number of aromatic nitrogens is 1. The van der Waals surface area contributed by atoms with E-state index in [2.05, 4.69) is 4.98 Å². The van der Waals surface area contributed by atoms with Crippen LogP contribution in [0.25, 0.3) is 10.1 Å². The van der Waals surface area contributed by atoms with Crippen LogP contribution in [0.4, 0.5) is 0 Å². The maximum Gasteiger partial charge on any atom is 0.348 e. The molecule has 0 saturated heterocycles. The maximum atomic E-state index is 11.5. The molecule has 0 aliphatic carbocycles. The van der Waals surface area contributed by atoms with Gasteiger partial charge in [-0.3, -0.25) is 4.98 Å². The number of fused-ring (bicyclic) bond motifs is 1. The Balaban J connectivity index is 1.79. The van der Waals surface area contributed by atoms with Gasteiger partial charge in [0, 0.05) is 22.7 Å². The van der Waals surface area contributed by atoms with Crippen LogP contribution in [0.1, 0.15) is 15.2 Å². The van der Waals surface area contributed by atoms with Crippen molar-refractivity contribution in [2.75, 3.05) is 7.11 Å². The zero-order chi connectivity index (χ0) is 14.7. The summed E-state index contributed by atoms with van der Waals surface area (Å²) < 4.78 is 11.5. The van der Waals surface area contributed by atoms with Crippen LogP contribution in [-0.2, 0) is 11.3 Å². The normalized spacial score (nSPS) is 10.5. The van der Waals surface area contributed by atoms with E-state index >= 15 is 0 Å². The highest BCUT2D eigenvalue weighted by molar-refractivity contribution is 7.20. The van der Waals surface area contributed by atoms with Crippen molar-refractivity contribution < 1.29 is 14.3 Å². The predicted molar refractivity (Wildman–Crippen MR) is 81.7 cm³/mol. The molecular weight excluding hydrogens is 286 g/mol. The molecule has 2 aromatic heterocycles. The van der Waals surface area contributed by atoms with E-state index in [-0.39, 0.29) is 5.97 Å². The van der Waals surface area contributed by atoms with Crippen molar-refractivity contribution in [3.8, 4) is 5.75 Å². The van der Waals surface area contributed by atoms with Crippen LogP contribution in [0.15, 0.2) is 48.8 Å². The zero-order valence-corrected chi connectivity index (χ0v) is 12.2. The zero-order valence-electron chi connectivity index (χ0n) is 11.4. The van der Waals surface area contributed by atoms with E-state index in [4.69, 9.17) is 9.47 Å². The molecular formula is C16H13NO3S. The molecule has 21 heavy (non-hydrogen) atoms. The van der Waals surface area contributed by atoms with E-state index in [0.717, 1.165) is 21.4 Å². The maximum absolute atomic E-state index is 11.5. The molecule has 0 aliphatic heterocycles. The molecule has 0 fully saturated rings. The number of hydrogen-bond acceptors (Lipinski definition) is 5. The Morgan fingerprint density at radius 2 is 2.19 bits per heavy atom. The second kappa shape index (κ2) is 5.93. The van der Waals surface area contributed by atoms with Crippen molar-refractivity contribution in [1.29, 1.82) is 0 Å². The predicted octanol–water partition coefficient (Wildman–Crippen LogP) is 3.66. The number of rotatable bonds is 4. The Morgan fingerprint density at radius 3 is 2.95 bits per heavy atom. The number of thiophene rings is 1. The van der Waals surface area contributed by atoms with Crippen LogP contribution < -0.4 is 4.74 Å². The minimum absolute atomic E-state index is 0.311. The largest absolute Gasteiger partial charge is 0.489 e. The van der Waals surface area contributed by atoms with Crippen LogP contribution in [0.2, 0.25) is 0 Å². The van der Waals surface area contributed by atoms with Gasteiger partial charge in [0.15, 0.2) is 0 Å². The molecule has 1 aromatic carbocycles. The summed E-state index contributed by atoms with van der Waals surface area (Å²) in [6.45, 7) is 0.466. The van der Waals surface area contributed by atoms with Crippen LogP contribution in [0.3, 0.4) is 0 Å². The smallest absolute Gasteiger partial charge is 0.348 e. The summed E-state index contributed by atoms with van der Waals surface area (Å²) in [6, 6.07) is 11.4. The van der Waals surface area contributed by atoms with E-state index in [1.54, 1.807) is 12.4 Å². The van der Waals surface area contributed by atoms with E-state index in [0.29, 0.717) is 11.5 Å². The lowest BCUT2D eigenvalue weighted by atomic mass is 10.2. The molecule has 0 saturated carbocycles. The van der Waals surface area contributed by atoms with Crippen molar-refractivity contribution in [2.45, 2.75) is 6.61 Å². The van der Waals surface area contributed by atoms with E-state index < -0.39 is 0 Å². The lowest BCUT2D eigenvalue weighted by Gasteiger charge is -2.05. The summed E-state index contributed by atoms with van der Waals surface area (Å²) in [5, 5.41) is 0.976. The number of pyridine rings is 1. The van der Waals surface area contributed by atoms with Crippen LogP contribution in [0, 0.1) is 0 Å². The Kier molecular flexibility index (Phi) is 3.83. The molecule has 0 aliphatic rings. The van der Waals surface area contributed by atoms with Crippen molar-refractivity contribution in [1.82, 2.24) is 4.98 Å². The van der Waals surface area contributed by atoms with Gasteiger partial charge in [0.05, 0.1) is 7.11 Å². The second-order valence-electron chi connectivity index (χ2n) is 4.45. The Labute approximate surface area is 126 Å². The molecule has 0 amide bonds. The first kappa shape index (κ1) is 13.6. The van der Waals surface area contributed by atoms with Gasteiger partial charge in [0.1, 0.15) is 17.2 Å². The number of benzene rings is 1. The van der Waals surface area contributed by atoms with Gasteiger partial charge < -0.3 is 9.47 Å². The standard InChI is InChI=1S/C16H13NO3S/c1-19-16(18)15-8-12-7-13(4-5-14(12)21-15)20-10-11-3-2-6-17-9-11/h2-9H,10H2,1H3. The molecule has 3 aromatic rings. The molecule has 0 radical (unpaired) electrons. The van der Waals surface area contributed by atoms with Gasteiger partial charge >= 0.3 is 5.97 Å². The van der Waals surface area contributed by atoms with Gasteiger partial charge in [-0.05, 0) is 35.7 Å². The molecule has 0 unspecified atom stereocenters. The molecule has 5 heteroatoms. The number of esters is 1. The number of carbonyl (C=O) groups is 1. The van der Waals surface area contributed by atoms with Gasteiger partial charge in [0.25, 0.3) is 0 Å². The number of nitrogens with zero attached hydrogens (tertiary/aromatic N) is 1. The van der Waals surface area contributed by atoms with Gasteiger partial charge in [-0.2, -0.15) is 0 Å². The van der Waals surface area contributed by atoms with Gasteiger partial charge in [0.2, 0.25) is 0 Å². The quantitative estimate of drug-likeness (QED) is 0.690. The van der Waals surface area contributed by atoms with Crippen LogP contribution in [0.5, 0.6) is 5.75 Å². The van der Waals surface area contributed by atoms with Crippen molar-refractivity contribution in [3.05, 3.63) is 59.2 Å². The van der Waals surface area contributed by atoms with Crippen molar-refractivity contribution >= 4 is 27.4 Å². The minimum Gasteiger partial charge on any atom is -0.489 e. The first-order valence-corrected chi connectivity index (χ1v) is 7.21. The Morgan fingerprint density at radius 1 is 1.29 bits per heavy atom. The van der Waals surface area contributed by atoms with Gasteiger partial charge in [-0.15, -0.1) is 11.3 Å². The highest BCUT2D eigenvalue weighted by atomic mass is 32.1. The fourth-order valence-corrected chi connectivity index (χ4v) is 2.92. The molecule has 0 N–H and O–H groups in total. The summed E-state index contributed by atoms with van der Waals surface area (Å²) in [4.78, 5) is 16.2. The number of carbonyl (C=O) groups excluding carboxylic acids is 1. The molecule has 0 atom stereocenters. The van der Waals surface area contributed by atoms with Gasteiger partial charge in [-0.1, -0.05) is 6.07 Å². The highest BCUT2D eigenvalue weighted by Crippen LogP contribution is 2.29. The number of hydrogen-bond donors (Lipinski definition) is 0. The molecule has 4 nitrogen and oxygen atoms in total. The Hall–Kier alpha value is -2.40. The van der Waals surface area contributed by atoms with Gasteiger partial charge in [-0.25, -0.2) is 4.79 Å². The SMILES string of the molecule is COC(=O)c1cc2cc(OCc3cccnc3)ccc2s1. The molecule has 0 spiro atoms. The highest BCUT2D eigenvalue weighted by Gasteiger charge is 2.10. The van der Waals surface area contributed by atoms with Crippen molar-refractivity contribution in [3.63, 3.8) is 0 Å². The van der Waals surface area contributed by atoms with Crippen LogP contribution in [-0.4, -0.2) is 18.1 Å². The Bertz CT molecular complexity index is 768. The summed E-state index contributed by atoms with van der Waals surface area (Å²) in [5.74, 6) is 0.453. The summed E-state index contributed by atoms with van der Waals surface area (Å²) in [5.41, 5.74) is 1.01. The molecule has 3 rings (SSSR count). The lowest BCUT2D eigenvalue weighted by Crippen LogP contribution is -1.96. The topological polar surface area (TPSA) is 48.4 Å². The van der Waals surface area contributed by atoms with E-state index in [9.17, 15) is 4.79 Å². The van der Waals surface area contributed by atoms with Crippen LogP contribution >= 0.6 is 11.3 Å². The van der Waals surface area contributed by atoms with Crippen molar-refractivity contribution in [2.24, 2.45) is 0 Å². The van der Waals surface area contributed by atoms with E-state index in [1.807, 2.05) is 36.4 Å². The number of ether oxygens (including phenoxy) is 2. The third-order valence-electron chi connectivity index (χ3n) is 3.00. The minimum atomic E-state index is -0.311. The van der Waals surface area contributed by atoms with E-state index in [1.165, 1.54) is 18.4 Å². The average molecular weight is 299 g/mol. The molecule has 0 bridgehead atoms. The monoisotopic (exact) mass is 299 g/mol.